The Balaban J connectivity index is 2.44. The van der Waals surface area contributed by atoms with E-state index in [-0.39, 0.29) is 8.46 Å². The summed E-state index contributed by atoms with van der Waals surface area (Å²) in [5, 5.41) is 2.21. The van der Waals surface area contributed by atoms with Gasteiger partial charge in [0.25, 0.3) is 0 Å². The average Bonchev–Trinajstić information content (AvgIpc) is 2.36. The zero-order valence-electron chi connectivity index (χ0n) is 8.37. The number of benzene rings is 2. The summed E-state index contributed by atoms with van der Waals surface area (Å²) in [6.45, 7) is 0. The summed E-state index contributed by atoms with van der Waals surface area (Å²) in [6.07, 6.45) is 0. The van der Waals surface area contributed by atoms with Crippen LogP contribution in [0.2, 0.25) is 0 Å². The first kappa shape index (κ1) is 11.5. The van der Waals surface area contributed by atoms with Gasteiger partial charge in [-0.1, -0.05) is 0 Å². The summed E-state index contributed by atoms with van der Waals surface area (Å²) in [4.78, 5) is 0.462. The van der Waals surface area contributed by atoms with Gasteiger partial charge in [-0.25, -0.2) is 0 Å². The Labute approximate surface area is 99.9 Å². The molecule has 0 aromatic heterocycles. The van der Waals surface area contributed by atoms with E-state index in [9.17, 15) is 9.27 Å². The molecule has 0 fully saturated rings. The monoisotopic (exact) mass is 246 g/mol. The maximum atomic E-state index is 10.7. The minimum atomic E-state index is -0.522. The van der Waals surface area contributed by atoms with Gasteiger partial charge < -0.3 is 0 Å². The molecule has 0 heterocycles. The number of thioether (sulfide) groups is 1. The van der Waals surface area contributed by atoms with E-state index in [1.165, 1.54) is 11.8 Å². The Kier molecular flexibility index (Phi) is 3.86. The standard InChI is InChI=1S/C11H8BO2PS/c13-12-11(15-14)16-10-7-3-5-8-4-1-2-6-9(8)10/h1-7,11H. The minimum absolute atomic E-state index is 0.146. The van der Waals surface area contributed by atoms with Crippen molar-refractivity contribution in [1.82, 2.24) is 0 Å². The Hall–Kier alpha value is -0.985. The van der Waals surface area contributed by atoms with Gasteiger partial charge in [-0.2, -0.15) is 0 Å². The molecule has 0 aliphatic carbocycles. The van der Waals surface area contributed by atoms with Gasteiger partial charge in [-0.05, 0) is 0 Å². The van der Waals surface area contributed by atoms with Crippen molar-refractivity contribution in [3.63, 3.8) is 0 Å². The van der Waals surface area contributed by atoms with Crippen molar-refractivity contribution < 1.29 is 9.27 Å². The zero-order valence-corrected chi connectivity index (χ0v) is 10.1. The zero-order chi connectivity index (χ0) is 11.4. The molecule has 0 saturated carbocycles. The number of fused-ring (bicyclic) bond motifs is 1. The van der Waals surface area contributed by atoms with E-state index in [0.29, 0.717) is 7.15 Å². The Bertz CT molecular complexity index is 519. The van der Waals surface area contributed by atoms with Gasteiger partial charge in [-0.3, -0.25) is 0 Å². The van der Waals surface area contributed by atoms with Crippen LogP contribution in [0.5, 0.6) is 0 Å². The summed E-state index contributed by atoms with van der Waals surface area (Å²) < 4.78 is 21.4. The van der Waals surface area contributed by atoms with Gasteiger partial charge >= 0.3 is 99.7 Å². The molecule has 1 unspecified atom stereocenters. The molecule has 2 nitrogen and oxygen atoms in total. The van der Waals surface area contributed by atoms with Crippen molar-refractivity contribution in [2.24, 2.45) is 0 Å². The molecule has 5 heteroatoms. The normalized spacial score (nSPS) is 12.5. The number of rotatable bonds is 4. The average molecular weight is 246 g/mol. The molecule has 0 saturated heterocycles. The molecule has 0 bridgehead atoms. The van der Waals surface area contributed by atoms with Crippen LogP contribution in [0.1, 0.15) is 0 Å². The Morgan fingerprint density at radius 3 is 2.62 bits per heavy atom. The first-order valence-electron chi connectivity index (χ1n) is 4.77. The molecule has 0 N–H and O–H groups in total. The van der Waals surface area contributed by atoms with Crippen LogP contribution < -0.4 is 0 Å². The maximum absolute atomic E-state index is 10.7. The molecule has 78 valence electrons. The second kappa shape index (κ2) is 5.38. The van der Waals surface area contributed by atoms with Crippen LogP contribution in [0.4, 0.5) is 0 Å². The molecule has 0 radical (unpaired) electrons. The summed E-state index contributed by atoms with van der Waals surface area (Å²) in [6, 6.07) is 13.8. The van der Waals surface area contributed by atoms with Crippen LogP contribution in [0.15, 0.2) is 47.4 Å². The van der Waals surface area contributed by atoms with Crippen molar-refractivity contribution in [3.8, 4) is 0 Å². The third kappa shape index (κ3) is 2.39. The summed E-state index contributed by atoms with van der Waals surface area (Å²) >= 11 is 1.33. The van der Waals surface area contributed by atoms with Gasteiger partial charge in [0, 0.05) is 0 Å². The van der Waals surface area contributed by atoms with E-state index < -0.39 is 4.89 Å². The molecule has 0 aliphatic heterocycles. The second-order valence-electron chi connectivity index (χ2n) is 3.23. The topological polar surface area (TPSA) is 34.1 Å². The molecule has 16 heavy (non-hydrogen) atoms. The Morgan fingerprint density at radius 1 is 1.12 bits per heavy atom. The number of hydrogen-bond donors (Lipinski definition) is 0. The SMILES string of the molecule is O=BC(P=O)Sc1cccc2ccccc12. The fourth-order valence-electron chi connectivity index (χ4n) is 1.50. The second-order valence-corrected chi connectivity index (χ2v) is 5.53. The predicted octanol–water partition coefficient (Wildman–Crippen LogP) is 3.56. The van der Waals surface area contributed by atoms with E-state index >= 15 is 0 Å². The fraction of sp³-hybridized carbons (Fsp3) is 0.0909. The van der Waals surface area contributed by atoms with Crippen molar-refractivity contribution in [2.75, 3.05) is 0 Å². The van der Waals surface area contributed by atoms with Gasteiger partial charge in [0.1, 0.15) is 0 Å². The predicted molar refractivity (Wildman–Crippen MR) is 67.6 cm³/mol. The van der Waals surface area contributed by atoms with Gasteiger partial charge in [0.15, 0.2) is 0 Å². The molecule has 0 aliphatic rings. The summed E-state index contributed by atoms with van der Waals surface area (Å²) in [5.41, 5.74) is 0. The van der Waals surface area contributed by atoms with Crippen LogP contribution in [0, 0.1) is 0 Å². The molecule has 0 spiro atoms. The van der Waals surface area contributed by atoms with E-state index in [1.807, 2.05) is 42.5 Å². The third-order valence-electron chi connectivity index (χ3n) is 2.22. The summed E-state index contributed by atoms with van der Waals surface area (Å²) in [5.74, 6) is 0. The third-order valence-corrected chi connectivity index (χ3v) is 4.08. The molecule has 2 aromatic carbocycles. The molecule has 0 amide bonds. The van der Waals surface area contributed by atoms with E-state index in [1.54, 1.807) is 0 Å². The van der Waals surface area contributed by atoms with E-state index in [2.05, 4.69) is 0 Å². The van der Waals surface area contributed by atoms with Crippen LogP contribution in [0.3, 0.4) is 0 Å². The molecule has 1 atom stereocenters. The number of hydrogen-bond acceptors (Lipinski definition) is 3. The van der Waals surface area contributed by atoms with Crippen LogP contribution in [-0.4, -0.2) is 12.0 Å². The van der Waals surface area contributed by atoms with Crippen molar-refractivity contribution in [1.29, 1.82) is 0 Å². The first-order chi connectivity index (χ1) is 7.85. The quantitative estimate of drug-likeness (QED) is 0.470. The first-order valence-corrected chi connectivity index (χ1v) is 6.53. The fourth-order valence-corrected chi connectivity index (χ4v) is 2.85. The summed E-state index contributed by atoms with van der Waals surface area (Å²) in [7, 11) is 0.564. The van der Waals surface area contributed by atoms with Gasteiger partial charge in [0.2, 0.25) is 0 Å². The van der Waals surface area contributed by atoms with E-state index in [4.69, 9.17) is 0 Å². The Morgan fingerprint density at radius 2 is 1.88 bits per heavy atom. The van der Waals surface area contributed by atoms with Crippen molar-refractivity contribution >= 4 is 38.1 Å². The van der Waals surface area contributed by atoms with Crippen molar-refractivity contribution in [2.45, 2.75) is 9.79 Å². The van der Waals surface area contributed by atoms with Gasteiger partial charge in [-0.15, -0.1) is 0 Å². The van der Waals surface area contributed by atoms with Crippen LogP contribution in [-0.2, 0) is 9.27 Å². The van der Waals surface area contributed by atoms with E-state index in [0.717, 1.165) is 15.7 Å². The van der Waals surface area contributed by atoms with Gasteiger partial charge in [0.05, 0.1) is 0 Å². The molecule has 2 aromatic rings. The molecular weight excluding hydrogens is 238 g/mol. The molecule has 2 rings (SSSR count). The van der Waals surface area contributed by atoms with Crippen LogP contribution >= 0.6 is 20.2 Å². The molecular formula is C11H8BO2PS. The van der Waals surface area contributed by atoms with Crippen LogP contribution in [0.25, 0.3) is 10.8 Å². The van der Waals surface area contributed by atoms with Crippen molar-refractivity contribution in [3.05, 3.63) is 42.5 Å².